The van der Waals surface area contributed by atoms with E-state index in [2.05, 4.69) is 0 Å². The van der Waals surface area contributed by atoms with E-state index in [0.29, 0.717) is 0 Å². The summed E-state index contributed by atoms with van der Waals surface area (Å²) < 4.78 is 5.07. The van der Waals surface area contributed by atoms with Gasteiger partial charge >= 0.3 is 5.97 Å². The third-order valence-electron chi connectivity index (χ3n) is 2.36. The van der Waals surface area contributed by atoms with Crippen molar-refractivity contribution < 1.29 is 19.1 Å². The van der Waals surface area contributed by atoms with E-state index in [1.54, 1.807) is 14.1 Å². The monoisotopic (exact) mass is 244 g/mol. The quantitative estimate of drug-likeness (QED) is 0.632. The molecule has 0 aliphatic heterocycles. The van der Waals surface area contributed by atoms with Gasteiger partial charge in [-0.3, -0.25) is 14.4 Å². The summed E-state index contributed by atoms with van der Waals surface area (Å²) in [5.74, 6) is -0.663. The Bertz CT molecular complexity index is 282. The summed E-state index contributed by atoms with van der Waals surface area (Å²) in [6.45, 7) is 4.70. The van der Waals surface area contributed by atoms with Crippen LogP contribution in [0.4, 0.5) is 0 Å². The number of hydrogen-bond donors (Lipinski definition) is 0. The Morgan fingerprint density at radius 1 is 0.941 bits per heavy atom. The van der Waals surface area contributed by atoms with Crippen LogP contribution in [0, 0.1) is 0 Å². The molecule has 0 aliphatic rings. The maximum absolute atomic E-state index is 11.1. The van der Waals surface area contributed by atoms with E-state index in [1.807, 2.05) is 0 Å². The van der Waals surface area contributed by atoms with Crippen LogP contribution in [-0.4, -0.2) is 60.9 Å². The number of likely N-dealkylation sites (N-methyl/N-ethyl adjacent to an activating group) is 2. The molecule has 0 radical (unpaired) electrons. The van der Waals surface area contributed by atoms with Crippen molar-refractivity contribution in [3.63, 3.8) is 0 Å². The van der Waals surface area contributed by atoms with Crippen LogP contribution in [-0.2, 0) is 19.1 Å². The predicted molar refractivity (Wildman–Crippen MR) is 62.2 cm³/mol. The number of nitrogens with zero attached hydrogens (tertiary/aromatic N) is 2. The fraction of sp³-hybridized carbons (Fsp3) is 0.727. The summed E-state index contributed by atoms with van der Waals surface area (Å²) in [5, 5.41) is 0. The van der Waals surface area contributed by atoms with Gasteiger partial charge in [-0.2, -0.15) is 0 Å². The Kier molecular flexibility index (Phi) is 6.23. The summed E-state index contributed by atoms with van der Waals surface area (Å²) >= 11 is 0. The average molecular weight is 244 g/mol. The molecule has 0 aromatic carbocycles. The lowest BCUT2D eigenvalue weighted by atomic mass is 10.3. The molecule has 2 amide bonds. The third kappa shape index (κ3) is 6.55. The Morgan fingerprint density at radius 2 is 1.29 bits per heavy atom. The van der Waals surface area contributed by atoms with Gasteiger partial charge in [0.05, 0.1) is 13.1 Å². The van der Waals surface area contributed by atoms with Gasteiger partial charge in [0, 0.05) is 34.9 Å². The third-order valence-corrected chi connectivity index (χ3v) is 2.36. The molecule has 0 bridgehead atoms. The zero-order chi connectivity index (χ0) is 13.6. The lowest BCUT2D eigenvalue weighted by Crippen LogP contribution is -2.42. The van der Waals surface area contributed by atoms with Gasteiger partial charge in [0.15, 0.2) is 0 Å². The van der Waals surface area contributed by atoms with Crippen molar-refractivity contribution >= 4 is 17.8 Å². The van der Waals surface area contributed by atoms with Crippen molar-refractivity contribution in [2.75, 3.05) is 27.2 Å². The molecule has 0 aliphatic carbocycles. The smallest absolute Gasteiger partial charge is 0.303 e. The van der Waals surface area contributed by atoms with Crippen LogP contribution in [0.15, 0.2) is 0 Å². The zero-order valence-corrected chi connectivity index (χ0v) is 11.0. The van der Waals surface area contributed by atoms with Crippen molar-refractivity contribution in [1.82, 2.24) is 9.80 Å². The first-order chi connectivity index (χ1) is 7.73. The second-order valence-corrected chi connectivity index (χ2v) is 4.03. The molecule has 0 fully saturated rings. The van der Waals surface area contributed by atoms with Gasteiger partial charge in [-0.15, -0.1) is 0 Å². The average Bonchev–Trinajstić information content (AvgIpc) is 2.15. The van der Waals surface area contributed by atoms with E-state index < -0.39 is 12.1 Å². The number of rotatable bonds is 5. The second-order valence-electron chi connectivity index (χ2n) is 4.03. The Morgan fingerprint density at radius 3 is 1.53 bits per heavy atom. The number of ether oxygens (including phenoxy) is 1. The molecule has 17 heavy (non-hydrogen) atoms. The Labute approximate surface area is 102 Å². The molecule has 6 nitrogen and oxygen atoms in total. The topological polar surface area (TPSA) is 66.9 Å². The van der Waals surface area contributed by atoms with Gasteiger partial charge in [-0.05, 0) is 0 Å². The molecule has 0 spiro atoms. The number of amides is 2. The predicted octanol–water partition coefficient (Wildman–Crippen LogP) is -0.125. The first kappa shape index (κ1) is 15.4. The Hall–Kier alpha value is -1.59. The van der Waals surface area contributed by atoms with Crippen LogP contribution in [0.2, 0.25) is 0 Å². The fourth-order valence-corrected chi connectivity index (χ4v) is 1.23. The summed E-state index contributed by atoms with van der Waals surface area (Å²) in [5.41, 5.74) is 0. The number of carbonyl (C=O) groups is 3. The highest BCUT2D eigenvalue weighted by molar-refractivity contribution is 5.73. The molecular formula is C11H20N2O4. The van der Waals surface area contributed by atoms with Crippen LogP contribution < -0.4 is 0 Å². The van der Waals surface area contributed by atoms with Gasteiger partial charge in [-0.1, -0.05) is 0 Å². The van der Waals surface area contributed by atoms with Crippen molar-refractivity contribution in [2.24, 2.45) is 0 Å². The van der Waals surface area contributed by atoms with E-state index >= 15 is 0 Å². The van der Waals surface area contributed by atoms with Crippen molar-refractivity contribution in [3.8, 4) is 0 Å². The first-order valence-corrected chi connectivity index (χ1v) is 5.34. The fourth-order valence-electron chi connectivity index (χ4n) is 1.23. The van der Waals surface area contributed by atoms with Crippen LogP contribution in [0.25, 0.3) is 0 Å². The van der Waals surface area contributed by atoms with Crippen LogP contribution >= 0.6 is 0 Å². The largest absolute Gasteiger partial charge is 0.459 e. The lowest BCUT2D eigenvalue weighted by Gasteiger charge is -2.26. The van der Waals surface area contributed by atoms with Gasteiger partial charge in [0.1, 0.15) is 6.10 Å². The highest BCUT2D eigenvalue weighted by atomic mass is 16.5. The number of carbonyl (C=O) groups excluding carboxylic acids is 3. The minimum atomic E-state index is -0.504. The van der Waals surface area contributed by atoms with Crippen LogP contribution in [0.1, 0.15) is 20.8 Å². The molecule has 0 rings (SSSR count). The van der Waals surface area contributed by atoms with Crippen LogP contribution in [0.3, 0.4) is 0 Å². The molecular weight excluding hydrogens is 224 g/mol. The van der Waals surface area contributed by atoms with Gasteiger partial charge in [0.2, 0.25) is 11.8 Å². The van der Waals surface area contributed by atoms with E-state index in [9.17, 15) is 14.4 Å². The molecule has 6 heteroatoms. The van der Waals surface area contributed by atoms with E-state index in [0.717, 1.165) is 0 Å². The normalized spacial score (nSPS) is 10.0. The van der Waals surface area contributed by atoms with Gasteiger partial charge in [-0.25, -0.2) is 0 Å². The molecule has 0 atom stereocenters. The van der Waals surface area contributed by atoms with Crippen molar-refractivity contribution in [3.05, 3.63) is 0 Å². The van der Waals surface area contributed by atoms with Crippen molar-refractivity contribution in [1.29, 1.82) is 0 Å². The molecule has 0 N–H and O–H groups in total. The zero-order valence-electron chi connectivity index (χ0n) is 11.0. The second kappa shape index (κ2) is 6.88. The minimum absolute atomic E-state index is 0.118. The first-order valence-electron chi connectivity index (χ1n) is 5.34. The maximum atomic E-state index is 11.1. The molecule has 0 aromatic rings. The molecule has 0 heterocycles. The summed E-state index contributed by atoms with van der Waals surface area (Å²) in [6, 6.07) is 0. The van der Waals surface area contributed by atoms with E-state index in [4.69, 9.17) is 4.74 Å². The minimum Gasteiger partial charge on any atom is -0.459 e. The summed E-state index contributed by atoms with van der Waals surface area (Å²) in [7, 11) is 3.24. The lowest BCUT2D eigenvalue weighted by molar-refractivity contribution is -0.151. The molecule has 0 saturated carbocycles. The molecule has 98 valence electrons. The summed E-state index contributed by atoms with van der Waals surface area (Å²) in [6.07, 6.45) is -0.504. The highest BCUT2D eigenvalue weighted by Crippen LogP contribution is 2.00. The van der Waals surface area contributed by atoms with Crippen molar-refractivity contribution in [2.45, 2.75) is 26.9 Å². The number of hydrogen-bond acceptors (Lipinski definition) is 4. The highest BCUT2D eigenvalue weighted by Gasteiger charge is 2.19. The van der Waals surface area contributed by atoms with E-state index in [-0.39, 0.29) is 24.9 Å². The molecule has 0 aromatic heterocycles. The molecule has 0 unspecified atom stereocenters. The van der Waals surface area contributed by atoms with Gasteiger partial charge < -0.3 is 14.5 Å². The van der Waals surface area contributed by atoms with Crippen LogP contribution in [0.5, 0.6) is 0 Å². The summed E-state index contributed by atoms with van der Waals surface area (Å²) in [4.78, 5) is 36.0. The van der Waals surface area contributed by atoms with Gasteiger partial charge in [0.25, 0.3) is 0 Å². The maximum Gasteiger partial charge on any atom is 0.303 e. The number of esters is 1. The SMILES string of the molecule is CC(=O)OC(CN(C)C(C)=O)CN(C)C(C)=O. The Balaban J connectivity index is 4.48. The molecule has 0 saturated heterocycles. The standard InChI is InChI=1S/C11H20N2O4/c1-8(14)12(4)6-11(17-10(3)16)7-13(5)9(2)15/h11H,6-7H2,1-5H3. The van der Waals surface area contributed by atoms with E-state index in [1.165, 1.54) is 30.6 Å².